The summed E-state index contributed by atoms with van der Waals surface area (Å²) in [6.45, 7) is 2.38. The summed E-state index contributed by atoms with van der Waals surface area (Å²) in [5.74, 6) is 0.531. The molecule has 1 aliphatic rings. The van der Waals surface area contributed by atoms with Crippen LogP contribution in [0.5, 0.6) is 5.75 Å². The molecule has 3 nitrogen and oxygen atoms in total. The van der Waals surface area contributed by atoms with Crippen molar-refractivity contribution >= 4 is 17.5 Å². The van der Waals surface area contributed by atoms with Crippen LogP contribution in [0, 0.1) is 0 Å². The van der Waals surface area contributed by atoms with Gasteiger partial charge >= 0.3 is 0 Å². The zero-order valence-electron chi connectivity index (χ0n) is 16.5. The molecule has 0 spiro atoms. The molecule has 148 valence electrons. The number of ether oxygens (including phenoxy) is 1. The Morgan fingerprint density at radius 3 is 2.72 bits per heavy atom. The summed E-state index contributed by atoms with van der Waals surface area (Å²) in [6, 6.07) is 21.3. The van der Waals surface area contributed by atoms with Crippen LogP contribution in [0.4, 0.5) is 0 Å². The molecule has 29 heavy (non-hydrogen) atoms. The minimum atomic E-state index is -0.110. The van der Waals surface area contributed by atoms with Crippen LogP contribution in [0.1, 0.15) is 52.0 Å². The molecule has 0 fully saturated rings. The molecule has 0 bridgehead atoms. The van der Waals surface area contributed by atoms with E-state index in [9.17, 15) is 4.79 Å². The normalized spacial score (nSPS) is 13.6. The Bertz CT molecular complexity index is 1030. The fraction of sp³-hybridized carbons (Fsp3) is 0.240. The highest BCUT2D eigenvalue weighted by Crippen LogP contribution is 2.26. The number of nitrogens with one attached hydrogen (secondary N) is 1. The third-order valence-electron chi connectivity index (χ3n) is 5.42. The molecule has 0 radical (unpaired) electrons. The predicted octanol–water partition coefficient (Wildman–Crippen LogP) is 5.90. The van der Waals surface area contributed by atoms with Gasteiger partial charge in [-0.15, -0.1) is 0 Å². The molecule has 1 aliphatic carbocycles. The summed E-state index contributed by atoms with van der Waals surface area (Å²) in [5, 5.41) is 3.77. The molecule has 0 heterocycles. The van der Waals surface area contributed by atoms with Gasteiger partial charge in [0.05, 0.1) is 6.04 Å². The molecule has 1 unspecified atom stereocenters. The molecule has 0 aliphatic heterocycles. The quantitative estimate of drug-likeness (QED) is 0.554. The second-order valence-electron chi connectivity index (χ2n) is 7.48. The van der Waals surface area contributed by atoms with E-state index in [2.05, 4.69) is 23.5 Å². The van der Waals surface area contributed by atoms with Gasteiger partial charge in [0.2, 0.25) is 0 Å². The third kappa shape index (κ3) is 4.63. The summed E-state index contributed by atoms with van der Waals surface area (Å²) >= 11 is 6.18. The number of aryl methyl sites for hydroxylation is 2. The Hall–Kier alpha value is -2.78. The molecular weight excluding hydrogens is 382 g/mol. The van der Waals surface area contributed by atoms with Crippen LogP contribution in [0.3, 0.4) is 0 Å². The molecule has 0 aromatic heterocycles. The van der Waals surface area contributed by atoms with Crippen LogP contribution in [0.2, 0.25) is 5.02 Å². The largest absolute Gasteiger partial charge is 0.489 e. The molecule has 0 saturated heterocycles. The second-order valence-corrected chi connectivity index (χ2v) is 7.89. The van der Waals surface area contributed by atoms with Crippen molar-refractivity contribution in [2.75, 3.05) is 0 Å². The molecule has 4 heteroatoms. The van der Waals surface area contributed by atoms with Crippen molar-refractivity contribution in [3.05, 3.63) is 99.6 Å². The van der Waals surface area contributed by atoms with E-state index >= 15 is 0 Å². The summed E-state index contributed by atoms with van der Waals surface area (Å²) in [7, 11) is 0. The number of fused-ring (bicyclic) bond motifs is 1. The van der Waals surface area contributed by atoms with Crippen LogP contribution < -0.4 is 10.1 Å². The minimum absolute atomic E-state index is 0.0545. The summed E-state index contributed by atoms with van der Waals surface area (Å²) in [4.78, 5) is 12.8. The lowest BCUT2D eigenvalue weighted by Crippen LogP contribution is -2.26. The standard InChI is InChI=1S/C25H24ClNO2/c1-17(19-13-12-18-7-4-8-20(18)14-19)27-25(28)21-9-5-10-23(15-21)29-16-22-6-2-3-11-24(22)26/h2-3,5-6,9-15,17H,4,7-8,16H2,1H3,(H,27,28). The van der Waals surface area contributed by atoms with Gasteiger partial charge in [-0.1, -0.05) is 54.1 Å². The van der Waals surface area contributed by atoms with Gasteiger partial charge in [-0.3, -0.25) is 4.79 Å². The van der Waals surface area contributed by atoms with Crippen molar-refractivity contribution < 1.29 is 9.53 Å². The average Bonchev–Trinajstić information content (AvgIpc) is 3.21. The van der Waals surface area contributed by atoms with Crippen LogP contribution in [-0.4, -0.2) is 5.91 Å². The van der Waals surface area contributed by atoms with E-state index in [1.807, 2.05) is 43.3 Å². The zero-order valence-corrected chi connectivity index (χ0v) is 17.2. The van der Waals surface area contributed by atoms with Gasteiger partial charge < -0.3 is 10.1 Å². The molecule has 3 aromatic rings. The Kier molecular flexibility index (Phi) is 5.86. The van der Waals surface area contributed by atoms with Crippen molar-refractivity contribution in [3.8, 4) is 5.75 Å². The van der Waals surface area contributed by atoms with E-state index in [1.54, 1.807) is 12.1 Å². The number of amides is 1. The van der Waals surface area contributed by atoms with Crippen molar-refractivity contribution in [2.24, 2.45) is 0 Å². The Morgan fingerprint density at radius 2 is 1.86 bits per heavy atom. The Labute approximate surface area is 176 Å². The Morgan fingerprint density at radius 1 is 1.03 bits per heavy atom. The van der Waals surface area contributed by atoms with Crippen molar-refractivity contribution in [1.82, 2.24) is 5.32 Å². The van der Waals surface area contributed by atoms with Crippen molar-refractivity contribution in [3.63, 3.8) is 0 Å². The molecule has 1 atom stereocenters. The fourth-order valence-electron chi connectivity index (χ4n) is 3.73. The monoisotopic (exact) mass is 405 g/mol. The van der Waals surface area contributed by atoms with Gasteiger partial charge in [0.15, 0.2) is 0 Å². The smallest absolute Gasteiger partial charge is 0.251 e. The SMILES string of the molecule is CC(NC(=O)c1cccc(OCc2ccccc2Cl)c1)c1ccc2c(c1)CCC2. The maximum Gasteiger partial charge on any atom is 0.251 e. The van der Waals surface area contributed by atoms with Crippen molar-refractivity contribution in [2.45, 2.75) is 38.8 Å². The lowest BCUT2D eigenvalue weighted by atomic mass is 10.0. The van der Waals surface area contributed by atoms with E-state index < -0.39 is 0 Å². The first kappa shape index (κ1) is 19.5. The maximum absolute atomic E-state index is 12.8. The van der Waals surface area contributed by atoms with Crippen LogP contribution in [0.25, 0.3) is 0 Å². The van der Waals surface area contributed by atoms with Crippen LogP contribution in [-0.2, 0) is 19.4 Å². The van der Waals surface area contributed by atoms with Gasteiger partial charge in [-0.25, -0.2) is 0 Å². The molecule has 1 N–H and O–H groups in total. The lowest BCUT2D eigenvalue weighted by molar-refractivity contribution is 0.0939. The first-order chi connectivity index (χ1) is 14.1. The van der Waals surface area contributed by atoms with E-state index in [0.29, 0.717) is 22.9 Å². The van der Waals surface area contributed by atoms with Crippen LogP contribution in [0.15, 0.2) is 66.7 Å². The maximum atomic E-state index is 12.8. The van der Waals surface area contributed by atoms with Crippen LogP contribution >= 0.6 is 11.6 Å². The minimum Gasteiger partial charge on any atom is -0.489 e. The molecule has 1 amide bonds. The molecule has 0 saturated carbocycles. The zero-order chi connectivity index (χ0) is 20.2. The predicted molar refractivity (Wildman–Crippen MR) is 117 cm³/mol. The summed E-state index contributed by atoms with van der Waals surface area (Å²) in [6.07, 6.45) is 3.52. The highest BCUT2D eigenvalue weighted by atomic mass is 35.5. The molecule has 4 rings (SSSR count). The van der Waals surface area contributed by atoms with Gasteiger partial charge in [0, 0.05) is 16.1 Å². The first-order valence-corrected chi connectivity index (χ1v) is 10.4. The molecule has 3 aromatic carbocycles. The number of carbonyl (C=O) groups is 1. The number of hydrogen-bond donors (Lipinski definition) is 1. The van der Waals surface area contributed by atoms with E-state index in [-0.39, 0.29) is 11.9 Å². The number of hydrogen-bond acceptors (Lipinski definition) is 2. The average molecular weight is 406 g/mol. The van der Waals surface area contributed by atoms with E-state index in [1.165, 1.54) is 17.5 Å². The topological polar surface area (TPSA) is 38.3 Å². The number of benzene rings is 3. The highest BCUT2D eigenvalue weighted by Gasteiger charge is 2.16. The number of rotatable bonds is 6. The Balaban J connectivity index is 1.41. The highest BCUT2D eigenvalue weighted by molar-refractivity contribution is 6.31. The lowest BCUT2D eigenvalue weighted by Gasteiger charge is -2.16. The van der Waals surface area contributed by atoms with E-state index in [0.717, 1.165) is 24.0 Å². The van der Waals surface area contributed by atoms with Gasteiger partial charge in [0.1, 0.15) is 12.4 Å². The number of halogens is 1. The van der Waals surface area contributed by atoms with Gasteiger partial charge in [-0.2, -0.15) is 0 Å². The van der Waals surface area contributed by atoms with Crippen molar-refractivity contribution in [1.29, 1.82) is 0 Å². The fourth-order valence-corrected chi connectivity index (χ4v) is 3.92. The van der Waals surface area contributed by atoms with E-state index in [4.69, 9.17) is 16.3 Å². The number of carbonyl (C=O) groups excluding carboxylic acids is 1. The first-order valence-electron chi connectivity index (χ1n) is 9.99. The van der Waals surface area contributed by atoms with Gasteiger partial charge in [0.25, 0.3) is 5.91 Å². The summed E-state index contributed by atoms with van der Waals surface area (Å²) in [5.41, 5.74) is 5.49. The summed E-state index contributed by atoms with van der Waals surface area (Å²) < 4.78 is 5.84. The van der Waals surface area contributed by atoms with Gasteiger partial charge in [-0.05, 0) is 67.1 Å². The second kappa shape index (κ2) is 8.71. The third-order valence-corrected chi connectivity index (χ3v) is 5.79. The molecular formula is C25H24ClNO2.